The fourth-order valence-electron chi connectivity index (χ4n) is 2.79. The summed E-state index contributed by atoms with van der Waals surface area (Å²) in [5, 5.41) is 6.00. The summed E-state index contributed by atoms with van der Waals surface area (Å²) < 4.78 is 30.3. The lowest BCUT2D eigenvalue weighted by molar-refractivity contribution is 0.343. The molecule has 0 radical (unpaired) electrons. The van der Waals surface area contributed by atoms with Crippen LogP contribution in [0.15, 0.2) is 71.0 Å². The first-order valence-corrected chi connectivity index (χ1v) is 11.4. The van der Waals surface area contributed by atoms with Gasteiger partial charge in [-0.2, -0.15) is 0 Å². The summed E-state index contributed by atoms with van der Waals surface area (Å²) in [4.78, 5) is 4.54. The van der Waals surface area contributed by atoms with Crippen molar-refractivity contribution >= 4 is 21.8 Å². The van der Waals surface area contributed by atoms with E-state index < -0.39 is 10.0 Å². The molecule has 28 heavy (non-hydrogen) atoms. The average molecular weight is 418 g/mol. The molecule has 0 unspecified atom stereocenters. The number of hydrogen-bond acceptors (Lipinski definition) is 5. The van der Waals surface area contributed by atoms with Crippen LogP contribution < -0.4 is 9.88 Å². The molecule has 3 aromatic rings. The van der Waals surface area contributed by atoms with Crippen molar-refractivity contribution in [1.29, 1.82) is 0 Å². The molecule has 148 valence electrons. The SMILES string of the molecule is CC(C)c1ccccc1-n1ccnc1SCCOc1ccc(S(N)(=O)=O)cc1. The van der Waals surface area contributed by atoms with Crippen molar-refractivity contribution in [1.82, 2.24) is 9.55 Å². The molecule has 2 aromatic carbocycles. The normalized spacial score (nSPS) is 11.7. The van der Waals surface area contributed by atoms with Crippen molar-refractivity contribution in [2.45, 2.75) is 29.8 Å². The quantitative estimate of drug-likeness (QED) is 0.445. The molecule has 0 saturated heterocycles. The fourth-order valence-corrected chi connectivity index (χ4v) is 4.09. The van der Waals surface area contributed by atoms with Crippen LogP contribution in [0.1, 0.15) is 25.3 Å². The first-order valence-electron chi connectivity index (χ1n) is 8.87. The molecule has 0 aliphatic carbocycles. The van der Waals surface area contributed by atoms with Crippen molar-refractivity contribution in [2.75, 3.05) is 12.4 Å². The molecule has 3 rings (SSSR count). The maximum Gasteiger partial charge on any atom is 0.238 e. The largest absolute Gasteiger partial charge is 0.493 e. The Bertz CT molecular complexity index is 1030. The van der Waals surface area contributed by atoms with Gasteiger partial charge in [0.2, 0.25) is 10.0 Å². The van der Waals surface area contributed by atoms with E-state index in [0.717, 1.165) is 10.8 Å². The minimum Gasteiger partial charge on any atom is -0.493 e. The van der Waals surface area contributed by atoms with Crippen LogP contribution in [0.4, 0.5) is 0 Å². The van der Waals surface area contributed by atoms with Crippen molar-refractivity contribution in [3.05, 3.63) is 66.5 Å². The highest BCUT2D eigenvalue weighted by molar-refractivity contribution is 7.99. The number of primary sulfonamides is 1. The van der Waals surface area contributed by atoms with Crippen LogP contribution in [0, 0.1) is 0 Å². The highest BCUT2D eigenvalue weighted by Crippen LogP contribution is 2.27. The van der Waals surface area contributed by atoms with Gasteiger partial charge in [0.05, 0.1) is 17.2 Å². The number of ether oxygens (including phenoxy) is 1. The number of aromatic nitrogens is 2. The number of thioether (sulfide) groups is 1. The number of rotatable bonds is 8. The Kier molecular flexibility index (Phi) is 6.43. The van der Waals surface area contributed by atoms with Crippen molar-refractivity contribution in [3.8, 4) is 11.4 Å². The number of hydrogen-bond donors (Lipinski definition) is 1. The molecular weight excluding hydrogens is 394 g/mol. The van der Waals surface area contributed by atoms with Crippen molar-refractivity contribution in [3.63, 3.8) is 0 Å². The molecule has 1 heterocycles. The second-order valence-electron chi connectivity index (χ2n) is 6.51. The molecule has 0 bridgehead atoms. The molecule has 0 saturated carbocycles. The van der Waals surface area contributed by atoms with Gasteiger partial charge in [0.25, 0.3) is 0 Å². The highest BCUT2D eigenvalue weighted by Gasteiger charge is 2.12. The van der Waals surface area contributed by atoms with Crippen LogP contribution in [0.5, 0.6) is 5.75 Å². The van der Waals surface area contributed by atoms with Crippen LogP contribution in [0.25, 0.3) is 5.69 Å². The molecule has 0 amide bonds. The standard InChI is InChI=1S/C20H23N3O3S2/c1-15(2)18-5-3-4-6-19(18)23-12-11-22-20(23)27-14-13-26-16-7-9-17(10-8-16)28(21,24)25/h3-12,15H,13-14H2,1-2H3,(H2,21,24,25). The summed E-state index contributed by atoms with van der Waals surface area (Å²) in [7, 11) is -3.69. The van der Waals surface area contributed by atoms with E-state index >= 15 is 0 Å². The van der Waals surface area contributed by atoms with Gasteiger partial charge in [-0.15, -0.1) is 0 Å². The number of benzene rings is 2. The third-order valence-electron chi connectivity index (χ3n) is 4.16. The van der Waals surface area contributed by atoms with Crippen molar-refractivity contribution < 1.29 is 13.2 Å². The van der Waals surface area contributed by atoms with Gasteiger partial charge in [0.15, 0.2) is 5.16 Å². The third kappa shape index (κ3) is 4.95. The van der Waals surface area contributed by atoms with Crippen LogP contribution in [-0.4, -0.2) is 30.3 Å². The van der Waals surface area contributed by atoms with E-state index in [1.165, 1.54) is 17.7 Å². The smallest absolute Gasteiger partial charge is 0.238 e. The molecule has 2 N–H and O–H groups in total. The second kappa shape index (κ2) is 8.81. The van der Waals surface area contributed by atoms with Gasteiger partial charge in [-0.3, -0.25) is 4.57 Å². The van der Waals surface area contributed by atoms with Gasteiger partial charge < -0.3 is 4.74 Å². The van der Waals surface area contributed by atoms with Gasteiger partial charge in [-0.05, 0) is 41.8 Å². The molecule has 1 aromatic heterocycles. The third-order valence-corrected chi connectivity index (χ3v) is 6.02. The first-order chi connectivity index (χ1) is 13.4. The van der Waals surface area contributed by atoms with E-state index in [4.69, 9.17) is 9.88 Å². The minimum absolute atomic E-state index is 0.0695. The molecule has 8 heteroatoms. The summed E-state index contributed by atoms with van der Waals surface area (Å²) in [6, 6.07) is 14.4. The summed E-state index contributed by atoms with van der Waals surface area (Å²) in [6.45, 7) is 4.83. The molecular formula is C20H23N3O3S2. The lowest BCUT2D eigenvalue weighted by Crippen LogP contribution is -2.11. The van der Waals surface area contributed by atoms with Crippen molar-refractivity contribution in [2.24, 2.45) is 5.14 Å². The predicted octanol–water partition coefficient (Wildman–Crippen LogP) is 3.81. The van der Waals surface area contributed by atoms with Gasteiger partial charge >= 0.3 is 0 Å². The van der Waals surface area contributed by atoms with Gasteiger partial charge in [0, 0.05) is 18.1 Å². The summed E-state index contributed by atoms with van der Waals surface area (Å²) >= 11 is 1.61. The number of imidazole rings is 1. The molecule has 6 nitrogen and oxygen atoms in total. The van der Waals surface area contributed by atoms with Crippen LogP contribution in [0.2, 0.25) is 0 Å². The van der Waals surface area contributed by atoms with E-state index in [1.807, 2.05) is 12.3 Å². The van der Waals surface area contributed by atoms with E-state index in [0.29, 0.717) is 24.0 Å². The fraction of sp³-hybridized carbons (Fsp3) is 0.250. The van der Waals surface area contributed by atoms with Crippen LogP contribution in [-0.2, 0) is 10.0 Å². The summed E-state index contributed by atoms with van der Waals surface area (Å²) in [5.41, 5.74) is 2.41. The average Bonchev–Trinajstić information content (AvgIpc) is 3.13. The Hall–Kier alpha value is -2.29. The maximum absolute atomic E-state index is 11.3. The Labute approximate surface area is 169 Å². The topological polar surface area (TPSA) is 87.2 Å². The summed E-state index contributed by atoms with van der Waals surface area (Å²) in [6.07, 6.45) is 3.77. The monoisotopic (exact) mass is 417 g/mol. The Balaban J connectivity index is 1.61. The Morgan fingerprint density at radius 1 is 1.14 bits per heavy atom. The van der Waals surface area contributed by atoms with E-state index in [9.17, 15) is 8.42 Å². The van der Waals surface area contributed by atoms with E-state index in [-0.39, 0.29) is 4.90 Å². The lowest BCUT2D eigenvalue weighted by Gasteiger charge is -2.15. The molecule has 0 spiro atoms. The predicted molar refractivity (Wildman–Crippen MR) is 112 cm³/mol. The Morgan fingerprint density at radius 3 is 2.54 bits per heavy atom. The maximum atomic E-state index is 11.3. The zero-order valence-electron chi connectivity index (χ0n) is 15.8. The number of nitrogens with two attached hydrogens (primary N) is 1. The number of nitrogens with zero attached hydrogens (tertiary/aromatic N) is 2. The molecule has 0 fully saturated rings. The first kappa shape index (κ1) is 20.4. The van der Waals surface area contributed by atoms with E-state index in [1.54, 1.807) is 30.1 Å². The number of para-hydroxylation sites is 1. The van der Waals surface area contributed by atoms with Gasteiger partial charge in [-0.1, -0.05) is 43.8 Å². The van der Waals surface area contributed by atoms with Crippen LogP contribution >= 0.6 is 11.8 Å². The zero-order valence-corrected chi connectivity index (χ0v) is 17.4. The zero-order chi connectivity index (χ0) is 20.1. The molecule has 0 aliphatic heterocycles. The van der Waals surface area contributed by atoms with Gasteiger partial charge in [0.1, 0.15) is 5.75 Å². The van der Waals surface area contributed by atoms with E-state index in [2.05, 4.69) is 41.6 Å². The van der Waals surface area contributed by atoms with Gasteiger partial charge in [-0.25, -0.2) is 18.5 Å². The molecule has 0 atom stereocenters. The highest BCUT2D eigenvalue weighted by atomic mass is 32.2. The summed E-state index contributed by atoms with van der Waals surface area (Å²) in [5.74, 6) is 1.72. The second-order valence-corrected chi connectivity index (χ2v) is 9.13. The Morgan fingerprint density at radius 2 is 1.86 bits per heavy atom. The van der Waals surface area contributed by atoms with Crippen LogP contribution in [0.3, 0.4) is 0 Å². The lowest BCUT2D eigenvalue weighted by atomic mass is 10.0. The minimum atomic E-state index is -3.69. The molecule has 0 aliphatic rings. The number of sulfonamides is 1.